The number of piperazine rings is 1. The third-order valence-electron chi connectivity index (χ3n) is 6.05. The van der Waals surface area contributed by atoms with Crippen LogP contribution in [0.4, 0.5) is 5.82 Å². The van der Waals surface area contributed by atoms with E-state index in [1.807, 2.05) is 89.8 Å². The minimum Gasteiger partial charge on any atom is -0.352 e. The molecule has 5 rings (SSSR count). The first-order valence-corrected chi connectivity index (χ1v) is 11.2. The van der Waals surface area contributed by atoms with Crippen molar-refractivity contribution in [3.63, 3.8) is 0 Å². The van der Waals surface area contributed by atoms with Crippen LogP contribution in [0.1, 0.15) is 17.0 Å². The molecular formula is C27H25N5O. The zero-order valence-corrected chi connectivity index (χ0v) is 18.3. The molecule has 1 saturated heterocycles. The van der Waals surface area contributed by atoms with Gasteiger partial charge in [-0.25, -0.2) is 0 Å². The van der Waals surface area contributed by atoms with E-state index in [4.69, 9.17) is 0 Å². The molecular weight excluding hydrogens is 410 g/mol. The highest BCUT2D eigenvalue weighted by Gasteiger charge is 2.30. The summed E-state index contributed by atoms with van der Waals surface area (Å²) in [5.74, 6) is 0.687. The summed E-state index contributed by atoms with van der Waals surface area (Å²) in [5.41, 5.74) is 3.86. The molecule has 0 N–H and O–H groups in total. The van der Waals surface area contributed by atoms with Crippen LogP contribution in [0.5, 0.6) is 0 Å². The van der Waals surface area contributed by atoms with E-state index >= 15 is 0 Å². The topological polar surface area (TPSA) is 62.2 Å². The van der Waals surface area contributed by atoms with Crippen molar-refractivity contribution in [1.82, 2.24) is 20.1 Å². The first-order valence-electron chi connectivity index (χ1n) is 11.2. The summed E-state index contributed by atoms with van der Waals surface area (Å²) < 4.78 is 0. The number of benzene rings is 2. The normalized spacial score (nSPS) is 13.8. The lowest BCUT2D eigenvalue weighted by molar-refractivity contribution is -0.132. The minimum atomic E-state index is -0.293. The van der Waals surface area contributed by atoms with E-state index in [0.717, 1.165) is 41.3 Å². The molecule has 1 amide bonds. The second kappa shape index (κ2) is 9.61. The Kier molecular flexibility index (Phi) is 6.06. The van der Waals surface area contributed by atoms with Gasteiger partial charge in [-0.15, -0.1) is 10.2 Å². The molecule has 33 heavy (non-hydrogen) atoms. The van der Waals surface area contributed by atoms with Gasteiger partial charge in [-0.1, -0.05) is 60.7 Å². The number of amides is 1. The largest absolute Gasteiger partial charge is 0.352 e. The Labute approximate surface area is 193 Å². The van der Waals surface area contributed by atoms with E-state index in [1.54, 1.807) is 12.4 Å². The Morgan fingerprint density at radius 1 is 0.697 bits per heavy atom. The molecule has 1 aliphatic rings. The zero-order chi connectivity index (χ0) is 22.5. The number of rotatable bonds is 5. The van der Waals surface area contributed by atoms with Gasteiger partial charge >= 0.3 is 0 Å². The van der Waals surface area contributed by atoms with Crippen molar-refractivity contribution >= 4 is 11.7 Å². The van der Waals surface area contributed by atoms with Crippen LogP contribution in [0, 0.1) is 0 Å². The van der Waals surface area contributed by atoms with Crippen molar-refractivity contribution in [2.45, 2.75) is 5.92 Å². The van der Waals surface area contributed by atoms with Crippen molar-refractivity contribution < 1.29 is 4.79 Å². The number of anilines is 1. The highest BCUT2D eigenvalue weighted by atomic mass is 16.2. The molecule has 1 aliphatic heterocycles. The molecule has 0 atom stereocenters. The van der Waals surface area contributed by atoms with Crippen LogP contribution in [0.15, 0.2) is 97.3 Å². The Morgan fingerprint density at radius 2 is 1.30 bits per heavy atom. The standard InChI is InChI=1S/C27H25N5O/c33-27(26(22-7-3-1-4-8-22)23-9-5-2-6-10-23)32-19-17-31(18-20-32)25-12-11-24(29-30-25)21-13-15-28-16-14-21/h1-16,26H,17-20H2. The van der Waals surface area contributed by atoms with Gasteiger partial charge in [0.1, 0.15) is 0 Å². The summed E-state index contributed by atoms with van der Waals surface area (Å²) in [6, 6.07) is 27.9. The van der Waals surface area contributed by atoms with Crippen molar-refractivity contribution in [2.75, 3.05) is 31.1 Å². The maximum Gasteiger partial charge on any atom is 0.234 e. The molecule has 164 valence electrons. The van der Waals surface area contributed by atoms with Gasteiger partial charge in [-0.3, -0.25) is 9.78 Å². The van der Waals surface area contributed by atoms with Gasteiger partial charge in [-0.05, 0) is 35.4 Å². The molecule has 0 radical (unpaired) electrons. The Bertz CT molecular complexity index is 1140. The number of hydrogen-bond acceptors (Lipinski definition) is 5. The van der Waals surface area contributed by atoms with Crippen LogP contribution in [0.3, 0.4) is 0 Å². The van der Waals surface area contributed by atoms with Gasteiger partial charge in [0.25, 0.3) is 0 Å². The molecule has 0 spiro atoms. The second-order valence-electron chi connectivity index (χ2n) is 8.08. The highest BCUT2D eigenvalue weighted by molar-refractivity contribution is 5.87. The van der Waals surface area contributed by atoms with Crippen molar-refractivity contribution in [3.05, 3.63) is 108 Å². The van der Waals surface area contributed by atoms with Crippen LogP contribution in [-0.4, -0.2) is 52.2 Å². The third kappa shape index (κ3) is 4.60. The number of hydrogen-bond donors (Lipinski definition) is 0. The van der Waals surface area contributed by atoms with Crippen molar-refractivity contribution in [1.29, 1.82) is 0 Å². The molecule has 6 nitrogen and oxygen atoms in total. The average molecular weight is 436 g/mol. The predicted molar refractivity (Wildman–Crippen MR) is 129 cm³/mol. The first-order chi connectivity index (χ1) is 16.3. The van der Waals surface area contributed by atoms with Gasteiger partial charge in [0, 0.05) is 44.1 Å². The van der Waals surface area contributed by atoms with Crippen molar-refractivity contribution in [2.24, 2.45) is 0 Å². The Morgan fingerprint density at radius 3 is 1.85 bits per heavy atom. The molecule has 0 unspecified atom stereocenters. The van der Waals surface area contributed by atoms with E-state index < -0.39 is 0 Å². The molecule has 2 aromatic heterocycles. The monoisotopic (exact) mass is 435 g/mol. The predicted octanol–water partition coefficient (Wildman–Crippen LogP) is 4.02. The van der Waals surface area contributed by atoms with Gasteiger partial charge < -0.3 is 9.80 Å². The quantitative estimate of drug-likeness (QED) is 0.474. The van der Waals surface area contributed by atoms with Gasteiger partial charge in [-0.2, -0.15) is 0 Å². The Hall–Kier alpha value is -4.06. The van der Waals surface area contributed by atoms with E-state index in [0.29, 0.717) is 13.1 Å². The molecule has 0 saturated carbocycles. The number of aromatic nitrogens is 3. The lowest BCUT2D eigenvalue weighted by Crippen LogP contribution is -2.50. The van der Waals surface area contributed by atoms with Crippen LogP contribution in [0.25, 0.3) is 11.3 Å². The SMILES string of the molecule is O=C(C(c1ccccc1)c1ccccc1)N1CCN(c2ccc(-c3ccncc3)nn2)CC1. The summed E-state index contributed by atoms with van der Waals surface area (Å²) in [4.78, 5) is 21.8. The maximum atomic E-state index is 13.6. The lowest BCUT2D eigenvalue weighted by Gasteiger charge is -2.37. The summed E-state index contributed by atoms with van der Waals surface area (Å²) in [6.45, 7) is 2.77. The maximum absolute atomic E-state index is 13.6. The summed E-state index contributed by atoms with van der Waals surface area (Å²) in [5, 5.41) is 8.82. The molecule has 1 fully saturated rings. The third-order valence-corrected chi connectivity index (χ3v) is 6.05. The van der Waals surface area contributed by atoms with Gasteiger partial charge in [0.05, 0.1) is 11.6 Å². The summed E-state index contributed by atoms with van der Waals surface area (Å²) >= 11 is 0. The van der Waals surface area contributed by atoms with Crippen LogP contribution >= 0.6 is 0 Å². The van der Waals surface area contributed by atoms with Crippen LogP contribution in [-0.2, 0) is 4.79 Å². The number of carbonyl (C=O) groups excluding carboxylic acids is 1. The molecule has 2 aromatic carbocycles. The summed E-state index contributed by atoms with van der Waals surface area (Å²) in [7, 11) is 0. The van der Waals surface area contributed by atoms with Crippen molar-refractivity contribution in [3.8, 4) is 11.3 Å². The number of nitrogens with zero attached hydrogens (tertiary/aromatic N) is 5. The highest BCUT2D eigenvalue weighted by Crippen LogP contribution is 2.28. The van der Waals surface area contributed by atoms with E-state index in [1.165, 1.54) is 0 Å². The first kappa shape index (κ1) is 20.8. The molecule has 0 bridgehead atoms. The fourth-order valence-electron chi connectivity index (χ4n) is 4.28. The average Bonchev–Trinajstić information content (AvgIpc) is 2.91. The minimum absolute atomic E-state index is 0.145. The van der Waals surface area contributed by atoms with Crippen LogP contribution in [0.2, 0.25) is 0 Å². The summed E-state index contributed by atoms with van der Waals surface area (Å²) in [6.07, 6.45) is 3.50. The van der Waals surface area contributed by atoms with Gasteiger partial charge in [0.15, 0.2) is 5.82 Å². The molecule has 6 heteroatoms. The Balaban J connectivity index is 1.28. The molecule has 4 aromatic rings. The fraction of sp³-hybridized carbons (Fsp3) is 0.185. The van der Waals surface area contributed by atoms with Gasteiger partial charge in [0.2, 0.25) is 5.91 Å². The van der Waals surface area contributed by atoms with E-state index in [2.05, 4.69) is 20.1 Å². The number of pyridine rings is 1. The lowest BCUT2D eigenvalue weighted by atomic mass is 9.90. The van der Waals surface area contributed by atoms with E-state index in [-0.39, 0.29) is 11.8 Å². The smallest absolute Gasteiger partial charge is 0.234 e. The van der Waals surface area contributed by atoms with E-state index in [9.17, 15) is 4.79 Å². The van der Waals surface area contributed by atoms with Crippen LogP contribution < -0.4 is 4.90 Å². The molecule has 3 heterocycles. The second-order valence-corrected chi connectivity index (χ2v) is 8.08. The number of carbonyl (C=O) groups is 1. The zero-order valence-electron chi connectivity index (χ0n) is 18.3. The molecule has 0 aliphatic carbocycles. The fourth-order valence-corrected chi connectivity index (χ4v) is 4.28.